The van der Waals surface area contributed by atoms with Gasteiger partial charge in [-0.15, -0.1) is 0 Å². The number of rotatable bonds is 7. The van der Waals surface area contributed by atoms with Crippen LogP contribution in [0.2, 0.25) is 0 Å². The summed E-state index contributed by atoms with van der Waals surface area (Å²) in [4.78, 5) is 7.98. The second kappa shape index (κ2) is 7.38. The minimum absolute atomic E-state index is 0.515. The van der Waals surface area contributed by atoms with Crippen molar-refractivity contribution < 1.29 is 4.74 Å². The molecule has 2 aromatic rings. The predicted molar refractivity (Wildman–Crippen MR) is 85.2 cm³/mol. The Balaban J connectivity index is 2.18. The minimum Gasteiger partial charge on any atom is -0.380 e. The van der Waals surface area contributed by atoms with Gasteiger partial charge in [-0.1, -0.05) is 41.7 Å². The van der Waals surface area contributed by atoms with E-state index in [4.69, 9.17) is 15.5 Å². The molecule has 0 fully saturated rings. The maximum Gasteiger partial charge on any atom is 0.185 e. The molecule has 0 amide bonds. The van der Waals surface area contributed by atoms with Gasteiger partial charge in [0.15, 0.2) is 5.13 Å². The number of ether oxygens (including phenoxy) is 1. The molecule has 0 saturated carbocycles. The van der Waals surface area contributed by atoms with Gasteiger partial charge in [0.2, 0.25) is 0 Å². The van der Waals surface area contributed by atoms with Crippen LogP contribution in [-0.4, -0.2) is 31.8 Å². The van der Waals surface area contributed by atoms with Crippen LogP contribution in [0.3, 0.4) is 0 Å². The average Bonchev–Trinajstić information content (AvgIpc) is 2.92. The number of nitrogens with two attached hydrogens (primary N) is 1. The molecule has 0 spiro atoms. The third-order valence-corrected chi connectivity index (χ3v) is 4.21. The normalized spacial score (nSPS) is 10.8. The number of anilines is 1. The molecule has 0 atom stereocenters. The number of likely N-dealkylation sites (N-methyl/N-ethyl adjacent to an activating group) is 1. The van der Waals surface area contributed by atoms with Crippen molar-refractivity contribution in [2.75, 3.05) is 31.7 Å². The Morgan fingerprint density at radius 2 is 2.05 bits per heavy atom. The highest BCUT2D eigenvalue weighted by Crippen LogP contribution is 2.32. The van der Waals surface area contributed by atoms with Crippen molar-refractivity contribution in [3.63, 3.8) is 0 Å². The van der Waals surface area contributed by atoms with Crippen molar-refractivity contribution in [1.29, 1.82) is 0 Å². The smallest absolute Gasteiger partial charge is 0.185 e. The average molecular weight is 291 g/mol. The molecule has 108 valence electrons. The molecule has 1 aromatic carbocycles. The van der Waals surface area contributed by atoms with Gasteiger partial charge in [-0.25, -0.2) is 4.98 Å². The van der Waals surface area contributed by atoms with Crippen LogP contribution in [0.5, 0.6) is 0 Å². The Morgan fingerprint density at radius 1 is 1.30 bits per heavy atom. The molecule has 0 aliphatic rings. The molecule has 20 heavy (non-hydrogen) atoms. The largest absolute Gasteiger partial charge is 0.380 e. The third kappa shape index (κ3) is 3.56. The summed E-state index contributed by atoms with van der Waals surface area (Å²) in [6, 6.07) is 10.2. The van der Waals surface area contributed by atoms with E-state index in [-0.39, 0.29) is 0 Å². The highest BCUT2D eigenvalue weighted by atomic mass is 32.1. The summed E-state index contributed by atoms with van der Waals surface area (Å²) in [6.45, 7) is 4.81. The van der Waals surface area contributed by atoms with Crippen molar-refractivity contribution in [3.05, 3.63) is 35.2 Å². The first-order valence-corrected chi connectivity index (χ1v) is 7.62. The molecule has 1 heterocycles. The lowest BCUT2D eigenvalue weighted by molar-refractivity contribution is 0.154. The van der Waals surface area contributed by atoms with Crippen molar-refractivity contribution in [3.8, 4) is 11.3 Å². The van der Waals surface area contributed by atoms with Gasteiger partial charge in [0.1, 0.15) is 0 Å². The van der Waals surface area contributed by atoms with Crippen LogP contribution in [0.15, 0.2) is 30.3 Å². The highest BCUT2D eigenvalue weighted by molar-refractivity contribution is 7.16. The fourth-order valence-electron chi connectivity index (χ4n) is 1.90. The van der Waals surface area contributed by atoms with Gasteiger partial charge in [0.25, 0.3) is 0 Å². The molecule has 1 aromatic heterocycles. The van der Waals surface area contributed by atoms with Crippen molar-refractivity contribution in [1.82, 2.24) is 4.98 Å². The van der Waals surface area contributed by atoms with Crippen molar-refractivity contribution in [2.45, 2.75) is 13.5 Å². The molecule has 4 nitrogen and oxygen atoms in total. The first-order valence-electron chi connectivity index (χ1n) is 6.80. The number of hydrogen-bond donors (Lipinski definition) is 1. The number of aromatic nitrogens is 1. The summed E-state index contributed by atoms with van der Waals surface area (Å²) in [5.41, 5.74) is 7.97. The zero-order valence-electron chi connectivity index (χ0n) is 12.0. The third-order valence-electron chi connectivity index (χ3n) is 3.02. The molecule has 2 N–H and O–H groups in total. The maximum atomic E-state index is 5.85. The van der Waals surface area contributed by atoms with Gasteiger partial charge >= 0.3 is 0 Å². The summed E-state index contributed by atoms with van der Waals surface area (Å²) in [6.07, 6.45) is 0. The Labute approximate surface area is 124 Å². The SMILES string of the molecule is CCOCCN(C)c1nc(-c2ccccc2)c(CN)s1. The van der Waals surface area contributed by atoms with Gasteiger partial charge in [0, 0.05) is 37.2 Å². The van der Waals surface area contributed by atoms with Gasteiger partial charge in [-0.2, -0.15) is 0 Å². The summed E-state index contributed by atoms with van der Waals surface area (Å²) in [7, 11) is 2.03. The summed E-state index contributed by atoms with van der Waals surface area (Å²) in [5, 5.41) is 0.990. The van der Waals surface area contributed by atoms with E-state index in [2.05, 4.69) is 17.0 Å². The first kappa shape index (κ1) is 15.0. The number of benzene rings is 1. The van der Waals surface area contributed by atoms with E-state index in [1.807, 2.05) is 32.2 Å². The Hall–Kier alpha value is -1.43. The van der Waals surface area contributed by atoms with E-state index >= 15 is 0 Å². The zero-order chi connectivity index (χ0) is 14.4. The van der Waals surface area contributed by atoms with Crippen molar-refractivity contribution >= 4 is 16.5 Å². The summed E-state index contributed by atoms with van der Waals surface area (Å²) >= 11 is 1.65. The maximum absolute atomic E-state index is 5.85. The monoisotopic (exact) mass is 291 g/mol. The van der Waals surface area contributed by atoms with E-state index in [1.54, 1.807) is 11.3 Å². The fourth-order valence-corrected chi connectivity index (χ4v) is 2.85. The Bertz CT molecular complexity index is 527. The standard InChI is InChI=1S/C15H21N3OS/c1-3-19-10-9-18(2)15-17-14(13(11-16)20-15)12-7-5-4-6-8-12/h4-8H,3,9-11,16H2,1-2H3. The van der Waals surface area contributed by atoms with Crippen LogP contribution in [0.4, 0.5) is 5.13 Å². The lowest BCUT2D eigenvalue weighted by Gasteiger charge is -2.15. The van der Waals surface area contributed by atoms with E-state index in [0.29, 0.717) is 13.2 Å². The van der Waals surface area contributed by atoms with E-state index in [1.165, 1.54) is 0 Å². The molecule has 2 rings (SSSR count). The summed E-state index contributed by atoms with van der Waals surface area (Å²) < 4.78 is 5.38. The second-order valence-corrected chi connectivity index (χ2v) is 5.52. The number of hydrogen-bond acceptors (Lipinski definition) is 5. The lowest BCUT2D eigenvalue weighted by Crippen LogP contribution is -2.22. The lowest BCUT2D eigenvalue weighted by atomic mass is 10.1. The van der Waals surface area contributed by atoms with Gasteiger partial charge in [0.05, 0.1) is 12.3 Å². The zero-order valence-corrected chi connectivity index (χ0v) is 12.8. The molecular formula is C15H21N3OS. The minimum atomic E-state index is 0.515. The molecular weight excluding hydrogens is 270 g/mol. The quantitative estimate of drug-likeness (QED) is 0.797. The first-order chi connectivity index (χ1) is 9.76. The highest BCUT2D eigenvalue weighted by Gasteiger charge is 2.14. The van der Waals surface area contributed by atoms with Gasteiger partial charge in [-0.3, -0.25) is 0 Å². The van der Waals surface area contributed by atoms with E-state index < -0.39 is 0 Å². The fraction of sp³-hybridized carbons (Fsp3) is 0.400. The van der Waals surface area contributed by atoms with Crippen LogP contribution in [-0.2, 0) is 11.3 Å². The van der Waals surface area contributed by atoms with Crippen LogP contribution in [0.25, 0.3) is 11.3 Å². The van der Waals surface area contributed by atoms with Crippen LogP contribution in [0, 0.1) is 0 Å². The Morgan fingerprint density at radius 3 is 2.70 bits per heavy atom. The number of thiazole rings is 1. The Kier molecular flexibility index (Phi) is 5.52. The molecule has 0 saturated heterocycles. The van der Waals surface area contributed by atoms with Crippen LogP contribution >= 0.6 is 11.3 Å². The molecule has 0 bridgehead atoms. The molecule has 0 radical (unpaired) electrons. The molecule has 0 aliphatic heterocycles. The molecule has 5 heteroatoms. The molecule has 0 unspecified atom stereocenters. The van der Waals surface area contributed by atoms with Gasteiger partial charge in [-0.05, 0) is 6.92 Å². The molecule has 0 aliphatic carbocycles. The van der Waals surface area contributed by atoms with Crippen LogP contribution < -0.4 is 10.6 Å². The predicted octanol–water partition coefficient (Wildman–Crippen LogP) is 2.74. The van der Waals surface area contributed by atoms with E-state index in [9.17, 15) is 0 Å². The van der Waals surface area contributed by atoms with Crippen molar-refractivity contribution in [2.24, 2.45) is 5.73 Å². The topological polar surface area (TPSA) is 51.4 Å². The van der Waals surface area contributed by atoms with Crippen LogP contribution in [0.1, 0.15) is 11.8 Å². The van der Waals surface area contributed by atoms with E-state index in [0.717, 1.165) is 34.4 Å². The summed E-state index contributed by atoms with van der Waals surface area (Å²) in [5.74, 6) is 0. The second-order valence-electron chi connectivity index (χ2n) is 4.46. The number of nitrogens with zero attached hydrogens (tertiary/aromatic N) is 2. The van der Waals surface area contributed by atoms with Gasteiger partial charge < -0.3 is 15.4 Å².